The van der Waals surface area contributed by atoms with Gasteiger partial charge in [0.25, 0.3) is 0 Å². The Morgan fingerprint density at radius 1 is 1.24 bits per heavy atom. The van der Waals surface area contributed by atoms with Crippen LogP contribution in [-0.2, 0) is 10.2 Å². The first-order chi connectivity index (χ1) is 9.93. The van der Waals surface area contributed by atoms with Crippen LogP contribution in [0.2, 0.25) is 0 Å². The number of hydrogen-bond donors (Lipinski definition) is 1. The molecular weight excluding hydrogens is 262 g/mol. The normalized spacial score (nSPS) is 13.2. The molecule has 0 radical (unpaired) electrons. The molecule has 1 N–H and O–H groups in total. The Balaban J connectivity index is 2.33. The molecule has 0 fully saturated rings. The molecule has 1 rings (SSSR count). The molecule has 0 aromatic heterocycles. The summed E-state index contributed by atoms with van der Waals surface area (Å²) in [6, 6.07) is 8.40. The van der Waals surface area contributed by atoms with Crippen LogP contribution in [-0.4, -0.2) is 32.4 Å². The number of benzene rings is 1. The van der Waals surface area contributed by atoms with E-state index in [1.54, 1.807) is 0 Å². The largest absolute Gasteiger partial charge is 0.489 e. The predicted octanol–water partition coefficient (Wildman–Crippen LogP) is 3.77. The van der Waals surface area contributed by atoms with Crippen molar-refractivity contribution in [3.63, 3.8) is 0 Å². The van der Waals surface area contributed by atoms with Gasteiger partial charge in [-0.1, -0.05) is 32.9 Å². The van der Waals surface area contributed by atoms with Crippen molar-refractivity contribution in [3.05, 3.63) is 29.8 Å². The Kier molecular flexibility index (Phi) is 7.76. The summed E-state index contributed by atoms with van der Waals surface area (Å²) in [6.07, 6.45) is 1.20. The second-order valence-electron chi connectivity index (χ2n) is 6.46. The lowest BCUT2D eigenvalue weighted by Crippen LogP contribution is -2.30. The zero-order valence-electron chi connectivity index (χ0n) is 14.2. The minimum absolute atomic E-state index is 0.153. The average molecular weight is 293 g/mol. The second kappa shape index (κ2) is 9.06. The van der Waals surface area contributed by atoms with E-state index in [9.17, 15) is 0 Å². The van der Waals surface area contributed by atoms with Gasteiger partial charge >= 0.3 is 0 Å². The fourth-order valence-corrected chi connectivity index (χ4v) is 2.06. The Morgan fingerprint density at radius 3 is 2.67 bits per heavy atom. The quantitative estimate of drug-likeness (QED) is 0.703. The van der Waals surface area contributed by atoms with E-state index in [0.29, 0.717) is 0 Å². The SMILES string of the molecule is CCOCCCNCC(C)Oc1cccc(C(C)(C)C)c1. The maximum Gasteiger partial charge on any atom is 0.120 e. The maximum atomic E-state index is 5.98. The predicted molar refractivity (Wildman–Crippen MR) is 89.2 cm³/mol. The number of rotatable bonds is 9. The van der Waals surface area contributed by atoms with Gasteiger partial charge in [0, 0.05) is 19.8 Å². The fourth-order valence-electron chi connectivity index (χ4n) is 2.06. The van der Waals surface area contributed by atoms with E-state index in [1.807, 2.05) is 13.0 Å². The van der Waals surface area contributed by atoms with Crippen LogP contribution >= 0.6 is 0 Å². The van der Waals surface area contributed by atoms with Crippen molar-refractivity contribution in [2.45, 2.75) is 52.6 Å². The van der Waals surface area contributed by atoms with Crippen molar-refractivity contribution in [3.8, 4) is 5.75 Å². The third kappa shape index (κ3) is 7.49. The third-order valence-electron chi connectivity index (χ3n) is 3.32. The van der Waals surface area contributed by atoms with Gasteiger partial charge in [-0.2, -0.15) is 0 Å². The monoisotopic (exact) mass is 293 g/mol. The molecule has 120 valence electrons. The first-order valence-electron chi connectivity index (χ1n) is 7.99. The first-order valence-corrected chi connectivity index (χ1v) is 7.99. The van der Waals surface area contributed by atoms with Gasteiger partial charge in [0.05, 0.1) is 0 Å². The van der Waals surface area contributed by atoms with Crippen molar-refractivity contribution in [2.24, 2.45) is 0 Å². The molecule has 0 spiro atoms. The second-order valence-corrected chi connectivity index (χ2v) is 6.46. The average Bonchev–Trinajstić information content (AvgIpc) is 2.42. The van der Waals surface area contributed by atoms with Gasteiger partial charge in [-0.3, -0.25) is 0 Å². The van der Waals surface area contributed by atoms with E-state index in [1.165, 1.54) is 5.56 Å². The summed E-state index contributed by atoms with van der Waals surface area (Å²) in [5.41, 5.74) is 1.46. The van der Waals surface area contributed by atoms with E-state index in [2.05, 4.69) is 51.2 Å². The summed E-state index contributed by atoms with van der Waals surface area (Å²) in [4.78, 5) is 0. The summed E-state index contributed by atoms with van der Waals surface area (Å²) in [7, 11) is 0. The fraction of sp³-hybridized carbons (Fsp3) is 0.667. The van der Waals surface area contributed by atoms with Gasteiger partial charge in [0.1, 0.15) is 11.9 Å². The van der Waals surface area contributed by atoms with Crippen LogP contribution in [0.1, 0.15) is 46.6 Å². The summed E-state index contributed by atoms with van der Waals surface area (Å²) in [5, 5.41) is 3.40. The zero-order chi connectivity index (χ0) is 15.7. The van der Waals surface area contributed by atoms with Crippen LogP contribution in [0.5, 0.6) is 5.75 Å². The Morgan fingerprint density at radius 2 is 2.00 bits per heavy atom. The molecule has 0 heterocycles. The van der Waals surface area contributed by atoms with Crippen LogP contribution in [0.4, 0.5) is 0 Å². The molecule has 0 saturated heterocycles. The Labute approximate surface area is 130 Å². The van der Waals surface area contributed by atoms with Crippen LogP contribution in [0.15, 0.2) is 24.3 Å². The van der Waals surface area contributed by atoms with Gasteiger partial charge in [-0.15, -0.1) is 0 Å². The molecule has 1 atom stereocenters. The number of hydrogen-bond acceptors (Lipinski definition) is 3. The van der Waals surface area contributed by atoms with Crippen molar-refractivity contribution in [1.29, 1.82) is 0 Å². The highest BCUT2D eigenvalue weighted by Gasteiger charge is 2.14. The van der Waals surface area contributed by atoms with E-state index < -0.39 is 0 Å². The Bertz CT molecular complexity index is 398. The lowest BCUT2D eigenvalue weighted by Gasteiger charge is -2.21. The van der Waals surface area contributed by atoms with E-state index >= 15 is 0 Å². The summed E-state index contributed by atoms with van der Waals surface area (Å²) in [6.45, 7) is 14.2. The summed E-state index contributed by atoms with van der Waals surface area (Å²) < 4.78 is 11.3. The molecule has 0 bridgehead atoms. The highest BCUT2D eigenvalue weighted by atomic mass is 16.5. The van der Waals surface area contributed by atoms with Crippen LogP contribution in [0.3, 0.4) is 0 Å². The minimum Gasteiger partial charge on any atom is -0.489 e. The van der Waals surface area contributed by atoms with Crippen molar-refractivity contribution in [1.82, 2.24) is 5.32 Å². The molecule has 3 nitrogen and oxygen atoms in total. The molecule has 1 aromatic carbocycles. The molecule has 0 saturated carbocycles. The lowest BCUT2D eigenvalue weighted by atomic mass is 9.87. The van der Waals surface area contributed by atoms with Crippen LogP contribution in [0.25, 0.3) is 0 Å². The number of nitrogens with one attached hydrogen (secondary N) is 1. The van der Waals surface area contributed by atoms with Gasteiger partial charge < -0.3 is 14.8 Å². The first kappa shape index (κ1) is 18.0. The van der Waals surface area contributed by atoms with Crippen molar-refractivity contribution in [2.75, 3.05) is 26.3 Å². The van der Waals surface area contributed by atoms with Gasteiger partial charge in [-0.05, 0) is 49.9 Å². The number of ether oxygens (including phenoxy) is 2. The summed E-state index contributed by atoms with van der Waals surface area (Å²) in [5.74, 6) is 0.950. The smallest absolute Gasteiger partial charge is 0.120 e. The molecule has 21 heavy (non-hydrogen) atoms. The zero-order valence-corrected chi connectivity index (χ0v) is 14.2. The minimum atomic E-state index is 0.153. The van der Waals surface area contributed by atoms with Gasteiger partial charge in [-0.25, -0.2) is 0 Å². The maximum absolute atomic E-state index is 5.98. The third-order valence-corrected chi connectivity index (χ3v) is 3.32. The molecule has 1 unspecified atom stereocenters. The molecule has 0 amide bonds. The molecule has 0 aliphatic rings. The van der Waals surface area contributed by atoms with Crippen LogP contribution < -0.4 is 10.1 Å². The molecule has 1 aromatic rings. The van der Waals surface area contributed by atoms with Crippen molar-refractivity contribution < 1.29 is 9.47 Å². The molecule has 0 aliphatic carbocycles. The van der Waals surface area contributed by atoms with E-state index in [4.69, 9.17) is 9.47 Å². The molecule has 0 aliphatic heterocycles. The van der Waals surface area contributed by atoms with Gasteiger partial charge in [0.15, 0.2) is 0 Å². The summed E-state index contributed by atoms with van der Waals surface area (Å²) >= 11 is 0. The topological polar surface area (TPSA) is 30.5 Å². The van der Waals surface area contributed by atoms with Crippen molar-refractivity contribution >= 4 is 0 Å². The van der Waals surface area contributed by atoms with E-state index in [0.717, 1.165) is 38.5 Å². The highest BCUT2D eigenvalue weighted by molar-refractivity contribution is 5.32. The standard InChI is InChI=1S/C18H31NO2/c1-6-20-12-8-11-19-14-15(2)21-17-10-7-9-16(13-17)18(3,4)5/h7,9-10,13,15,19H,6,8,11-12,14H2,1-5H3. The van der Waals surface area contributed by atoms with Gasteiger partial charge in [0.2, 0.25) is 0 Å². The molecule has 3 heteroatoms. The molecular formula is C18H31NO2. The van der Waals surface area contributed by atoms with Crippen LogP contribution in [0, 0.1) is 0 Å². The highest BCUT2D eigenvalue weighted by Crippen LogP contribution is 2.25. The van der Waals surface area contributed by atoms with E-state index in [-0.39, 0.29) is 11.5 Å². The Hall–Kier alpha value is -1.06. The lowest BCUT2D eigenvalue weighted by molar-refractivity contribution is 0.143.